The van der Waals surface area contributed by atoms with Crippen molar-refractivity contribution in [2.75, 3.05) is 6.54 Å². The topological polar surface area (TPSA) is 69.5 Å². The summed E-state index contributed by atoms with van der Waals surface area (Å²) in [5, 5.41) is 16.9. The zero-order valence-electron chi connectivity index (χ0n) is 13.2. The number of aryl methyl sites for hydroxylation is 2. The van der Waals surface area contributed by atoms with Gasteiger partial charge in [-0.2, -0.15) is 0 Å². The molecule has 1 aromatic carbocycles. The molecule has 2 rings (SSSR count). The number of aromatic hydroxyl groups is 1. The molecular formula is C16H22N4OS. The molecule has 5 nitrogen and oxygen atoms in total. The van der Waals surface area contributed by atoms with Crippen molar-refractivity contribution in [3.63, 3.8) is 0 Å². The van der Waals surface area contributed by atoms with Gasteiger partial charge < -0.3 is 15.7 Å². The summed E-state index contributed by atoms with van der Waals surface area (Å²) >= 11 is 1.71. The number of nitrogens with one attached hydrogen (secondary N) is 2. The lowest BCUT2D eigenvalue weighted by molar-refractivity contribution is 0.475. The van der Waals surface area contributed by atoms with E-state index in [0.717, 1.165) is 35.3 Å². The number of phenolic OH excluding ortho intramolecular Hbond substituents is 1. The minimum absolute atomic E-state index is 0.272. The Morgan fingerprint density at radius 2 is 1.95 bits per heavy atom. The predicted molar refractivity (Wildman–Crippen MR) is 91.4 cm³/mol. The molecule has 0 saturated heterocycles. The highest BCUT2D eigenvalue weighted by Crippen LogP contribution is 2.16. The first-order chi connectivity index (χ1) is 10.6. The van der Waals surface area contributed by atoms with Crippen molar-refractivity contribution in [3.8, 4) is 5.75 Å². The maximum Gasteiger partial charge on any atom is 0.191 e. The normalized spacial score (nSPS) is 11.5. The number of thiazole rings is 1. The SMILES string of the molecule is CCNC(=NCc1ccc(O)cc1)NCc1sc(C)nc1C. The van der Waals surface area contributed by atoms with E-state index in [4.69, 9.17) is 0 Å². The van der Waals surface area contributed by atoms with Crippen molar-refractivity contribution in [1.82, 2.24) is 15.6 Å². The van der Waals surface area contributed by atoms with Crippen LogP contribution >= 0.6 is 11.3 Å². The number of rotatable bonds is 5. The summed E-state index contributed by atoms with van der Waals surface area (Å²) in [5.74, 6) is 1.05. The molecule has 1 heterocycles. The second kappa shape index (κ2) is 7.79. The second-order valence-corrected chi connectivity index (χ2v) is 6.24. The number of nitrogens with zero attached hydrogens (tertiary/aromatic N) is 2. The van der Waals surface area contributed by atoms with Crippen LogP contribution in [0.2, 0.25) is 0 Å². The Kier molecular flexibility index (Phi) is 5.77. The summed E-state index contributed by atoms with van der Waals surface area (Å²) in [5.41, 5.74) is 2.13. The third-order valence-electron chi connectivity index (χ3n) is 3.12. The van der Waals surface area contributed by atoms with Crippen LogP contribution in [0.5, 0.6) is 5.75 Å². The Morgan fingerprint density at radius 3 is 2.55 bits per heavy atom. The second-order valence-electron chi connectivity index (χ2n) is 4.96. The van der Waals surface area contributed by atoms with Crippen molar-refractivity contribution in [3.05, 3.63) is 45.4 Å². The Morgan fingerprint density at radius 1 is 1.23 bits per heavy atom. The minimum atomic E-state index is 0.272. The van der Waals surface area contributed by atoms with Gasteiger partial charge in [-0.15, -0.1) is 11.3 Å². The fraction of sp³-hybridized carbons (Fsp3) is 0.375. The predicted octanol–water partition coefficient (Wildman–Crippen LogP) is 2.72. The van der Waals surface area contributed by atoms with Crippen LogP contribution in [0, 0.1) is 13.8 Å². The minimum Gasteiger partial charge on any atom is -0.508 e. The molecule has 0 aliphatic heterocycles. The molecule has 0 atom stereocenters. The van der Waals surface area contributed by atoms with E-state index < -0.39 is 0 Å². The largest absolute Gasteiger partial charge is 0.508 e. The first kappa shape index (κ1) is 16.3. The summed E-state index contributed by atoms with van der Waals surface area (Å²) in [7, 11) is 0. The summed E-state index contributed by atoms with van der Waals surface area (Å²) in [4.78, 5) is 10.2. The number of phenols is 1. The van der Waals surface area contributed by atoms with E-state index in [9.17, 15) is 5.11 Å². The third kappa shape index (κ3) is 4.73. The average Bonchev–Trinajstić information content (AvgIpc) is 2.81. The van der Waals surface area contributed by atoms with Crippen LogP contribution < -0.4 is 10.6 Å². The molecule has 0 fully saturated rings. The number of aliphatic imine (C=N–C) groups is 1. The van der Waals surface area contributed by atoms with E-state index in [1.807, 2.05) is 32.9 Å². The van der Waals surface area contributed by atoms with Gasteiger partial charge in [0.25, 0.3) is 0 Å². The molecule has 0 spiro atoms. The maximum absolute atomic E-state index is 9.29. The Labute approximate surface area is 135 Å². The van der Waals surface area contributed by atoms with E-state index in [1.54, 1.807) is 23.5 Å². The van der Waals surface area contributed by atoms with Crippen LogP contribution in [0.4, 0.5) is 0 Å². The summed E-state index contributed by atoms with van der Waals surface area (Å²) < 4.78 is 0. The number of hydrogen-bond donors (Lipinski definition) is 3. The Bertz CT molecular complexity index is 634. The van der Waals surface area contributed by atoms with E-state index in [0.29, 0.717) is 6.54 Å². The molecule has 118 valence electrons. The van der Waals surface area contributed by atoms with Crippen LogP contribution in [0.1, 0.15) is 28.1 Å². The van der Waals surface area contributed by atoms with Gasteiger partial charge in [0.15, 0.2) is 5.96 Å². The van der Waals surface area contributed by atoms with E-state index >= 15 is 0 Å². The quantitative estimate of drug-likeness (QED) is 0.586. The monoisotopic (exact) mass is 318 g/mol. The molecule has 6 heteroatoms. The van der Waals surface area contributed by atoms with Gasteiger partial charge in [0, 0.05) is 11.4 Å². The van der Waals surface area contributed by atoms with Crippen molar-refractivity contribution in [1.29, 1.82) is 0 Å². The number of hydrogen-bond acceptors (Lipinski definition) is 4. The molecule has 0 saturated carbocycles. The molecule has 0 aliphatic rings. The first-order valence-electron chi connectivity index (χ1n) is 7.31. The van der Waals surface area contributed by atoms with Gasteiger partial charge in [-0.1, -0.05) is 12.1 Å². The number of benzene rings is 1. The van der Waals surface area contributed by atoms with Gasteiger partial charge >= 0.3 is 0 Å². The molecule has 2 aromatic rings. The molecule has 0 aliphatic carbocycles. The van der Waals surface area contributed by atoms with Gasteiger partial charge in [-0.3, -0.25) is 0 Å². The fourth-order valence-electron chi connectivity index (χ4n) is 2.01. The molecule has 0 bridgehead atoms. The molecule has 0 amide bonds. The average molecular weight is 318 g/mol. The highest BCUT2D eigenvalue weighted by Gasteiger charge is 2.05. The van der Waals surface area contributed by atoms with Gasteiger partial charge in [0.05, 0.1) is 23.8 Å². The molecular weight excluding hydrogens is 296 g/mol. The summed E-state index contributed by atoms with van der Waals surface area (Å²) in [6.07, 6.45) is 0. The van der Waals surface area contributed by atoms with Crippen LogP contribution in [-0.4, -0.2) is 22.6 Å². The highest BCUT2D eigenvalue weighted by molar-refractivity contribution is 7.11. The number of aromatic nitrogens is 1. The van der Waals surface area contributed by atoms with Gasteiger partial charge in [0.2, 0.25) is 0 Å². The molecule has 0 radical (unpaired) electrons. The Hall–Kier alpha value is -2.08. The van der Waals surface area contributed by atoms with Gasteiger partial charge in [-0.05, 0) is 38.5 Å². The maximum atomic E-state index is 9.29. The van der Waals surface area contributed by atoms with Crippen molar-refractivity contribution < 1.29 is 5.11 Å². The zero-order valence-corrected chi connectivity index (χ0v) is 14.0. The standard InChI is InChI=1S/C16H22N4OS/c1-4-17-16(18-9-13-5-7-14(21)8-6-13)19-10-15-11(2)20-12(3)22-15/h5-8,21H,4,9-10H2,1-3H3,(H2,17,18,19). The Balaban J connectivity index is 1.97. The smallest absolute Gasteiger partial charge is 0.191 e. The lowest BCUT2D eigenvalue weighted by Gasteiger charge is -2.10. The molecule has 22 heavy (non-hydrogen) atoms. The van der Waals surface area contributed by atoms with E-state index in [-0.39, 0.29) is 5.75 Å². The van der Waals surface area contributed by atoms with Crippen molar-refractivity contribution in [2.24, 2.45) is 4.99 Å². The first-order valence-corrected chi connectivity index (χ1v) is 8.13. The van der Waals surface area contributed by atoms with Gasteiger partial charge in [-0.25, -0.2) is 9.98 Å². The van der Waals surface area contributed by atoms with Crippen LogP contribution in [-0.2, 0) is 13.1 Å². The van der Waals surface area contributed by atoms with Gasteiger partial charge in [0.1, 0.15) is 5.75 Å². The fourth-order valence-corrected chi connectivity index (χ4v) is 2.89. The third-order valence-corrected chi connectivity index (χ3v) is 4.19. The summed E-state index contributed by atoms with van der Waals surface area (Å²) in [6, 6.07) is 7.10. The van der Waals surface area contributed by atoms with E-state index in [2.05, 4.69) is 20.6 Å². The lowest BCUT2D eigenvalue weighted by Crippen LogP contribution is -2.36. The lowest BCUT2D eigenvalue weighted by atomic mass is 10.2. The highest BCUT2D eigenvalue weighted by atomic mass is 32.1. The van der Waals surface area contributed by atoms with Crippen LogP contribution in [0.15, 0.2) is 29.3 Å². The van der Waals surface area contributed by atoms with Crippen LogP contribution in [0.3, 0.4) is 0 Å². The molecule has 3 N–H and O–H groups in total. The zero-order chi connectivity index (χ0) is 15.9. The molecule has 1 aromatic heterocycles. The number of guanidine groups is 1. The van der Waals surface area contributed by atoms with E-state index in [1.165, 1.54) is 4.88 Å². The van der Waals surface area contributed by atoms with Crippen LogP contribution in [0.25, 0.3) is 0 Å². The summed E-state index contributed by atoms with van der Waals surface area (Å²) in [6.45, 7) is 8.18. The van der Waals surface area contributed by atoms with Crippen molar-refractivity contribution in [2.45, 2.75) is 33.9 Å². The molecule has 0 unspecified atom stereocenters. The van der Waals surface area contributed by atoms with Crippen molar-refractivity contribution >= 4 is 17.3 Å².